The number of hydrogen-bond acceptors (Lipinski definition) is 3. The summed E-state index contributed by atoms with van der Waals surface area (Å²) < 4.78 is 0. The van der Waals surface area contributed by atoms with Crippen LogP contribution in [0.25, 0.3) is 0 Å². The number of carbonyl (C=O) groups excluding carboxylic acids is 2. The molecule has 0 saturated heterocycles. The van der Waals surface area contributed by atoms with Gasteiger partial charge in [0.25, 0.3) is 11.8 Å². The molecule has 1 unspecified atom stereocenters. The van der Waals surface area contributed by atoms with Gasteiger partial charge in [-0.2, -0.15) is 5.26 Å². The SMILES string of the molecule is Cc1ccc(C(=O)NC(C)c2ccc(C#N)cc2)cc1NC(=O)c1ccccc1. The van der Waals surface area contributed by atoms with E-state index in [1.165, 1.54) is 0 Å². The molecule has 3 rings (SSSR count). The van der Waals surface area contributed by atoms with Crippen LogP contribution in [0, 0.1) is 18.3 Å². The maximum atomic E-state index is 12.7. The van der Waals surface area contributed by atoms with Crippen LogP contribution in [0.3, 0.4) is 0 Å². The minimum atomic E-state index is -0.239. The summed E-state index contributed by atoms with van der Waals surface area (Å²) in [6.45, 7) is 3.76. The molecule has 0 aliphatic heterocycles. The number of aryl methyl sites for hydroxylation is 1. The van der Waals surface area contributed by atoms with Crippen LogP contribution >= 0.6 is 0 Å². The topological polar surface area (TPSA) is 82.0 Å². The molecule has 0 saturated carbocycles. The first-order valence-electron chi connectivity index (χ1n) is 9.26. The van der Waals surface area contributed by atoms with Crippen LogP contribution in [-0.4, -0.2) is 11.8 Å². The normalized spacial score (nSPS) is 11.2. The second kappa shape index (κ2) is 8.85. The van der Waals surface area contributed by atoms with E-state index in [2.05, 4.69) is 16.7 Å². The maximum absolute atomic E-state index is 12.7. The fourth-order valence-corrected chi connectivity index (χ4v) is 2.89. The van der Waals surface area contributed by atoms with Crippen molar-refractivity contribution in [2.45, 2.75) is 19.9 Å². The van der Waals surface area contributed by atoms with E-state index in [0.29, 0.717) is 22.4 Å². The first kappa shape index (κ1) is 19.8. The highest BCUT2D eigenvalue weighted by atomic mass is 16.2. The Kier molecular flexibility index (Phi) is 6.06. The lowest BCUT2D eigenvalue weighted by molar-refractivity contribution is 0.0938. The maximum Gasteiger partial charge on any atom is 0.255 e. The fourth-order valence-electron chi connectivity index (χ4n) is 2.89. The number of hydrogen-bond donors (Lipinski definition) is 2. The number of nitrogens with zero attached hydrogens (tertiary/aromatic N) is 1. The van der Waals surface area contributed by atoms with Crippen LogP contribution in [-0.2, 0) is 0 Å². The van der Waals surface area contributed by atoms with E-state index in [1.807, 2.05) is 38.1 Å². The Labute approximate surface area is 170 Å². The third kappa shape index (κ3) is 4.88. The van der Waals surface area contributed by atoms with E-state index in [9.17, 15) is 9.59 Å². The van der Waals surface area contributed by atoms with E-state index in [1.54, 1.807) is 48.5 Å². The second-order valence-corrected chi connectivity index (χ2v) is 6.78. The fraction of sp³-hybridized carbons (Fsp3) is 0.125. The summed E-state index contributed by atoms with van der Waals surface area (Å²) in [5.74, 6) is -0.464. The molecule has 1 atom stereocenters. The molecule has 0 spiro atoms. The molecular formula is C24H21N3O2. The third-order valence-electron chi connectivity index (χ3n) is 4.67. The number of benzene rings is 3. The highest BCUT2D eigenvalue weighted by Crippen LogP contribution is 2.20. The summed E-state index contributed by atoms with van der Waals surface area (Å²) >= 11 is 0. The van der Waals surface area contributed by atoms with Crippen LogP contribution in [0.2, 0.25) is 0 Å². The predicted octanol–water partition coefficient (Wildman–Crippen LogP) is 4.61. The highest BCUT2D eigenvalue weighted by molar-refractivity contribution is 6.05. The molecule has 5 nitrogen and oxygen atoms in total. The predicted molar refractivity (Wildman–Crippen MR) is 113 cm³/mol. The lowest BCUT2D eigenvalue weighted by atomic mass is 10.0. The highest BCUT2D eigenvalue weighted by Gasteiger charge is 2.14. The van der Waals surface area contributed by atoms with E-state index in [0.717, 1.165) is 11.1 Å². The smallest absolute Gasteiger partial charge is 0.255 e. The van der Waals surface area contributed by atoms with Gasteiger partial charge in [-0.05, 0) is 61.4 Å². The number of nitrogens with one attached hydrogen (secondary N) is 2. The number of amides is 2. The summed E-state index contributed by atoms with van der Waals surface area (Å²) in [5.41, 5.74) is 3.95. The first-order valence-corrected chi connectivity index (χ1v) is 9.26. The molecule has 2 amide bonds. The third-order valence-corrected chi connectivity index (χ3v) is 4.67. The van der Waals surface area contributed by atoms with Crippen LogP contribution in [0.15, 0.2) is 72.8 Å². The average Bonchev–Trinajstić information content (AvgIpc) is 2.75. The standard InChI is InChI=1S/C24H21N3O2/c1-16-8-11-21(14-22(16)27-23(28)20-6-4-3-5-7-20)24(29)26-17(2)19-12-9-18(15-25)10-13-19/h3-14,17H,1-2H3,(H,26,29)(H,27,28). The summed E-state index contributed by atoms with van der Waals surface area (Å²) in [6, 6.07) is 23.1. The van der Waals surface area contributed by atoms with Crippen molar-refractivity contribution >= 4 is 17.5 Å². The molecule has 5 heteroatoms. The molecule has 0 aromatic heterocycles. The van der Waals surface area contributed by atoms with Crippen LogP contribution in [0.4, 0.5) is 5.69 Å². The zero-order chi connectivity index (χ0) is 20.8. The number of rotatable bonds is 5. The Bertz CT molecular complexity index is 1070. The van der Waals surface area contributed by atoms with Crippen molar-refractivity contribution in [2.75, 3.05) is 5.32 Å². The number of nitriles is 1. The molecular weight excluding hydrogens is 362 g/mol. The van der Waals surface area contributed by atoms with Gasteiger partial charge in [-0.15, -0.1) is 0 Å². The van der Waals surface area contributed by atoms with Crippen molar-refractivity contribution in [3.63, 3.8) is 0 Å². The number of anilines is 1. The van der Waals surface area contributed by atoms with Gasteiger partial charge in [0, 0.05) is 16.8 Å². The molecule has 0 aliphatic carbocycles. The Morgan fingerprint density at radius 3 is 2.24 bits per heavy atom. The first-order chi connectivity index (χ1) is 14.0. The molecule has 144 valence electrons. The van der Waals surface area contributed by atoms with Crippen LogP contribution < -0.4 is 10.6 Å². The van der Waals surface area contributed by atoms with Crippen molar-refractivity contribution in [2.24, 2.45) is 0 Å². The van der Waals surface area contributed by atoms with Gasteiger partial charge in [0.05, 0.1) is 17.7 Å². The van der Waals surface area contributed by atoms with Crippen molar-refractivity contribution in [1.82, 2.24) is 5.32 Å². The molecule has 3 aromatic carbocycles. The van der Waals surface area contributed by atoms with Gasteiger partial charge in [0.1, 0.15) is 0 Å². The van der Waals surface area contributed by atoms with Crippen molar-refractivity contribution in [3.8, 4) is 6.07 Å². The molecule has 3 aromatic rings. The minimum Gasteiger partial charge on any atom is -0.346 e. The van der Waals surface area contributed by atoms with Gasteiger partial charge >= 0.3 is 0 Å². The van der Waals surface area contributed by atoms with Gasteiger partial charge in [0.15, 0.2) is 0 Å². The van der Waals surface area contributed by atoms with Gasteiger partial charge < -0.3 is 10.6 Å². The Morgan fingerprint density at radius 1 is 0.897 bits per heavy atom. The number of carbonyl (C=O) groups is 2. The Balaban J connectivity index is 1.73. The lowest BCUT2D eigenvalue weighted by Gasteiger charge is -2.16. The summed E-state index contributed by atoms with van der Waals surface area (Å²) in [5, 5.41) is 14.7. The molecule has 0 aliphatic rings. The Hall–Kier alpha value is -3.91. The second-order valence-electron chi connectivity index (χ2n) is 6.78. The van der Waals surface area contributed by atoms with Crippen molar-refractivity contribution in [1.29, 1.82) is 5.26 Å². The van der Waals surface area contributed by atoms with Gasteiger partial charge in [-0.1, -0.05) is 36.4 Å². The minimum absolute atomic E-state index is 0.223. The molecule has 0 bridgehead atoms. The lowest BCUT2D eigenvalue weighted by Crippen LogP contribution is -2.26. The van der Waals surface area contributed by atoms with E-state index >= 15 is 0 Å². The average molecular weight is 383 g/mol. The molecule has 0 heterocycles. The monoisotopic (exact) mass is 383 g/mol. The summed E-state index contributed by atoms with van der Waals surface area (Å²) in [6.07, 6.45) is 0. The van der Waals surface area contributed by atoms with Crippen molar-refractivity contribution in [3.05, 3.63) is 101 Å². The van der Waals surface area contributed by atoms with Crippen LogP contribution in [0.5, 0.6) is 0 Å². The molecule has 0 radical (unpaired) electrons. The molecule has 2 N–H and O–H groups in total. The summed E-state index contributed by atoms with van der Waals surface area (Å²) in [4.78, 5) is 25.1. The van der Waals surface area contributed by atoms with Gasteiger partial charge in [-0.25, -0.2) is 0 Å². The van der Waals surface area contributed by atoms with Gasteiger partial charge in [-0.3, -0.25) is 9.59 Å². The molecule has 0 fully saturated rings. The summed E-state index contributed by atoms with van der Waals surface area (Å²) in [7, 11) is 0. The van der Waals surface area contributed by atoms with Crippen LogP contribution in [0.1, 0.15) is 50.4 Å². The zero-order valence-corrected chi connectivity index (χ0v) is 16.3. The Morgan fingerprint density at radius 2 is 1.59 bits per heavy atom. The molecule has 29 heavy (non-hydrogen) atoms. The van der Waals surface area contributed by atoms with Gasteiger partial charge in [0.2, 0.25) is 0 Å². The quantitative estimate of drug-likeness (QED) is 0.675. The van der Waals surface area contributed by atoms with E-state index in [4.69, 9.17) is 5.26 Å². The van der Waals surface area contributed by atoms with E-state index < -0.39 is 0 Å². The van der Waals surface area contributed by atoms with E-state index in [-0.39, 0.29) is 17.9 Å². The largest absolute Gasteiger partial charge is 0.346 e. The van der Waals surface area contributed by atoms with Crippen molar-refractivity contribution < 1.29 is 9.59 Å². The zero-order valence-electron chi connectivity index (χ0n) is 16.3.